The summed E-state index contributed by atoms with van der Waals surface area (Å²) in [5.41, 5.74) is 1.73. The van der Waals surface area contributed by atoms with Crippen LogP contribution in [0.1, 0.15) is 5.56 Å². The van der Waals surface area contributed by atoms with E-state index in [0.717, 1.165) is 30.9 Å². The van der Waals surface area contributed by atoms with Gasteiger partial charge in [0.1, 0.15) is 11.5 Å². The largest absolute Gasteiger partial charge is 0.496 e. The molecule has 1 N–H and O–H groups in total. The summed E-state index contributed by atoms with van der Waals surface area (Å²) in [6.07, 6.45) is 0. The van der Waals surface area contributed by atoms with Gasteiger partial charge in [-0.3, -0.25) is 4.90 Å². The highest BCUT2D eigenvalue weighted by Gasteiger charge is 2.22. The second-order valence-corrected chi connectivity index (χ2v) is 6.79. The van der Waals surface area contributed by atoms with Crippen LogP contribution in [0.25, 0.3) is 0 Å². The fourth-order valence-electron chi connectivity index (χ4n) is 3.16. The number of nitrogens with zero attached hydrogens (tertiary/aromatic N) is 2. The highest BCUT2D eigenvalue weighted by Crippen LogP contribution is 2.28. The van der Waals surface area contributed by atoms with Crippen LogP contribution in [0.4, 0.5) is 10.5 Å². The third-order valence-corrected chi connectivity index (χ3v) is 4.88. The molecule has 0 saturated carbocycles. The van der Waals surface area contributed by atoms with Crippen LogP contribution in [0.15, 0.2) is 42.5 Å². The van der Waals surface area contributed by atoms with Crippen LogP contribution in [0.5, 0.6) is 11.5 Å². The van der Waals surface area contributed by atoms with E-state index in [2.05, 4.69) is 16.3 Å². The summed E-state index contributed by atoms with van der Waals surface area (Å²) in [5.74, 6) is 1.48. The topological polar surface area (TPSA) is 54.0 Å². The van der Waals surface area contributed by atoms with Crippen molar-refractivity contribution in [2.45, 2.75) is 6.54 Å². The molecule has 0 unspecified atom stereocenters. The molecule has 27 heavy (non-hydrogen) atoms. The first-order chi connectivity index (χ1) is 13.1. The van der Waals surface area contributed by atoms with Crippen molar-refractivity contribution in [1.29, 1.82) is 0 Å². The SMILES string of the molecule is COc1ccccc1CN1CCN(C(=O)Nc2cc(Cl)ccc2OC)CC1. The standard InChI is InChI=1S/C20H24ClN3O3/c1-26-18-6-4-3-5-15(18)14-23-9-11-24(12-10-23)20(25)22-17-13-16(21)7-8-19(17)27-2/h3-8,13H,9-12,14H2,1-2H3,(H,22,25). The smallest absolute Gasteiger partial charge is 0.322 e. The van der Waals surface area contributed by atoms with Gasteiger partial charge in [0.2, 0.25) is 0 Å². The second kappa shape index (κ2) is 8.97. The number of piperazine rings is 1. The van der Waals surface area contributed by atoms with Crippen LogP contribution in [0, 0.1) is 0 Å². The maximum atomic E-state index is 12.6. The van der Waals surface area contributed by atoms with E-state index in [-0.39, 0.29) is 6.03 Å². The molecule has 2 aromatic rings. The van der Waals surface area contributed by atoms with Gasteiger partial charge in [-0.05, 0) is 24.3 Å². The number of para-hydroxylation sites is 1. The number of carbonyl (C=O) groups excluding carboxylic acids is 1. The van der Waals surface area contributed by atoms with Crippen molar-refractivity contribution in [2.75, 3.05) is 45.7 Å². The number of hydrogen-bond acceptors (Lipinski definition) is 4. The van der Waals surface area contributed by atoms with Crippen LogP contribution in [0.2, 0.25) is 5.02 Å². The number of carbonyl (C=O) groups is 1. The molecule has 3 rings (SSSR count). The maximum absolute atomic E-state index is 12.6. The van der Waals surface area contributed by atoms with E-state index < -0.39 is 0 Å². The molecule has 6 nitrogen and oxygen atoms in total. The van der Waals surface area contributed by atoms with Crippen LogP contribution >= 0.6 is 11.6 Å². The minimum Gasteiger partial charge on any atom is -0.496 e. The predicted molar refractivity (Wildman–Crippen MR) is 107 cm³/mol. The first-order valence-corrected chi connectivity index (χ1v) is 9.22. The number of halogens is 1. The number of amides is 2. The fourth-order valence-corrected chi connectivity index (χ4v) is 3.33. The number of anilines is 1. The molecular weight excluding hydrogens is 366 g/mol. The number of benzene rings is 2. The maximum Gasteiger partial charge on any atom is 0.322 e. The molecule has 1 aliphatic rings. The Morgan fingerprint density at radius 3 is 2.44 bits per heavy atom. The zero-order valence-corrected chi connectivity index (χ0v) is 16.3. The Morgan fingerprint density at radius 2 is 1.74 bits per heavy atom. The number of hydrogen-bond donors (Lipinski definition) is 1. The average molecular weight is 390 g/mol. The molecule has 1 aliphatic heterocycles. The van der Waals surface area contributed by atoms with E-state index >= 15 is 0 Å². The summed E-state index contributed by atoms with van der Waals surface area (Å²) in [5, 5.41) is 3.44. The molecule has 144 valence electrons. The van der Waals surface area contributed by atoms with E-state index in [1.807, 2.05) is 18.2 Å². The van der Waals surface area contributed by atoms with Gasteiger partial charge in [-0.25, -0.2) is 4.79 Å². The van der Waals surface area contributed by atoms with Gasteiger partial charge in [-0.15, -0.1) is 0 Å². The van der Waals surface area contributed by atoms with Gasteiger partial charge >= 0.3 is 6.03 Å². The van der Waals surface area contributed by atoms with Crippen LogP contribution in [-0.4, -0.2) is 56.2 Å². The quantitative estimate of drug-likeness (QED) is 0.847. The Balaban J connectivity index is 1.56. The molecular formula is C20H24ClN3O3. The number of methoxy groups -OCH3 is 2. The molecule has 2 amide bonds. The Bertz CT molecular complexity index is 792. The minimum atomic E-state index is -0.146. The average Bonchev–Trinajstić information content (AvgIpc) is 2.69. The van der Waals surface area contributed by atoms with Gasteiger partial charge in [0, 0.05) is 43.3 Å². The van der Waals surface area contributed by atoms with E-state index in [1.165, 1.54) is 0 Å². The minimum absolute atomic E-state index is 0.146. The third-order valence-electron chi connectivity index (χ3n) is 4.65. The van der Waals surface area contributed by atoms with Crippen LogP contribution in [-0.2, 0) is 6.54 Å². The Labute approximate surface area is 164 Å². The van der Waals surface area contributed by atoms with Gasteiger partial charge in [0.25, 0.3) is 0 Å². The monoisotopic (exact) mass is 389 g/mol. The molecule has 0 spiro atoms. The summed E-state index contributed by atoms with van der Waals surface area (Å²) in [7, 11) is 3.25. The number of urea groups is 1. The van der Waals surface area contributed by atoms with Crippen molar-refractivity contribution in [1.82, 2.24) is 9.80 Å². The molecule has 0 bridgehead atoms. The first-order valence-electron chi connectivity index (χ1n) is 8.84. The van der Waals surface area contributed by atoms with Crippen LogP contribution in [0.3, 0.4) is 0 Å². The summed E-state index contributed by atoms with van der Waals surface area (Å²) in [6.45, 7) is 3.73. The highest BCUT2D eigenvalue weighted by atomic mass is 35.5. The molecule has 0 atom stereocenters. The van der Waals surface area contributed by atoms with E-state index in [0.29, 0.717) is 29.5 Å². The molecule has 0 aromatic heterocycles. The van der Waals surface area contributed by atoms with Gasteiger partial charge < -0.3 is 19.7 Å². The van der Waals surface area contributed by atoms with Crippen LogP contribution < -0.4 is 14.8 Å². The summed E-state index contributed by atoms with van der Waals surface area (Å²) in [4.78, 5) is 16.7. The first kappa shape index (κ1) is 19.3. The molecule has 0 aliphatic carbocycles. The lowest BCUT2D eigenvalue weighted by atomic mass is 10.1. The lowest BCUT2D eigenvalue weighted by Crippen LogP contribution is -2.49. The number of ether oxygens (including phenoxy) is 2. The van der Waals surface area contributed by atoms with Gasteiger partial charge in [0.15, 0.2) is 0 Å². The van der Waals surface area contributed by atoms with Crippen molar-refractivity contribution in [3.05, 3.63) is 53.1 Å². The van der Waals surface area contributed by atoms with Crippen molar-refractivity contribution in [3.63, 3.8) is 0 Å². The normalized spacial score (nSPS) is 14.7. The van der Waals surface area contributed by atoms with E-state index in [1.54, 1.807) is 37.3 Å². The molecule has 7 heteroatoms. The molecule has 2 aromatic carbocycles. The van der Waals surface area contributed by atoms with Crippen molar-refractivity contribution < 1.29 is 14.3 Å². The Kier molecular flexibility index (Phi) is 6.42. The van der Waals surface area contributed by atoms with Gasteiger partial charge in [-0.1, -0.05) is 29.8 Å². The summed E-state index contributed by atoms with van der Waals surface area (Å²) in [6, 6.07) is 13.0. The number of nitrogens with one attached hydrogen (secondary N) is 1. The van der Waals surface area contributed by atoms with Crippen molar-refractivity contribution in [3.8, 4) is 11.5 Å². The van der Waals surface area contributed by atoms with Crippen molar-refractivity contribution >= 4 is 23.3 Å². The molecule has 1 saturated heterocycles. The summed E-state index contributed by atoms with van der Waals surface area (Å²) < 4.78 is 10.7. The summed E-state index contributed by atoms with van der Waals surface area (Å²) >= 11 is 6.03. The van der Waals surface area contributed by atoms with Gasteiger partial charge in [0.05, 0.1) is 19.9 Å². The second-order valence-electron chi connectivity index (χ2n) is 6.35. The zero-order chi connectivity index (χ0) is 19.2. The van der Waals surface area contributed by atoms with E-state index in [9.17, 15) is 4.79 Å². The lowest BCUT2D eigenvalue weighted by Gasteiger charge is -2.35. The highest BCUT2D eigenvalue weighted by molar-refractivity contribution is 6.31. The third kappa shape index (κ3) is 4.84. The molecule has 1 fully saturated rings. The Hall–Kier alpha value is -2.44. The van der Waals surface area contributed by atoms with Crippen molar-refractivity contribution in [2.24, 2.45) is 0 Å². The van der Waals surface area contributed by atoms with Gasteiger partial charge in [-0.2, -0.15) is 0 Å². The number of rotatable bonds is 5. The Morgan fingerprint density at radius 1 is 1.04 bits per heavy atom. The zero-order valence-electron chi connectivity index (χ0n) is 15.6. The molecule has 0 radical (unpaired) electrons. The molecule has 1 heterocycles. The predicted octanol–water partition coefficient (Wildman–Crippen LogP) is 3.71. The fraction of sp³-hybridized carbons (Fsp3) is 0.350. The van der Waals surface area contributed by atoms with E-state index in [4.69, 9.17) is 21.1 Å². The lowest BCUT2D eigenvalue weighted by molar-refractivity contribution is 0.142.